The first-order valence-electron chi connectivity index (χ1n) is 6.06. The van der Waals surface area contributed by atoms with Crippen molar-refractivity contribution in [2.24, 2.45) is 0 Å². The molecular formula is C14H21NO3. The van der Waals surface area contributed by atoms with E-state index in [4.69, 9.17) is 9.47 Å². The molecule has 0 saturated heterocycles. The van der Waals surface area contributed by atoms with Crippen molar-refractivity contribution in [2.45, 2.75) is 26.5 Å². The van der Waals surface area contributed by atoms with Crippen LogP contribution < -0.4 is 4.74 Å². The van der Waals surface area contributed by atoms with E-state index in [1.165, 1.54) is 0 Å². The Hall–Kier alpha value is -1.55. The Morgan fingerprint density at radius 2 is 1.89 bits per heavy atom. The summed E-state index contributed by atoms with van der Waals surface area (Å²) in [5.74, 6) is 0.828. The molecule has 4 heteroatoms. The van der Waals surface area contributed by atoms with Gasteiger partial charge in [0, 0.05) is 20.2 Å². The van der Waals surface area contributed by atoms with Crippen LogP contribution in [0.4, 0.5) is 0 Å². The molecule has 0 spiro atoms. The Morgan fingerprint density at radius 3 is 2.33 bits per heavy atom. The van der Waals surface area contributed by atoms with Gasteiger partial charge in [-0.3, -0.25) is 4.79 Å². The molecule has 0 fully saturated rings. The van der Waals surface area contributed by atoms with Crippen LogP contribution in [0.3, 0.4) is 0 Å². The molecule has 0 aliphatic carbocycles. The number of carbonyl (C=O) groups excluding carboxylic acids is 1. The predicted octanol–water partition coefficient (Wildman–Crippen LogP) is 2.08. The highest BCUT2D eigenvalue weighted by Gasteiger charge is 2.18. The molecule has 1 amide bonds. The first-order valence-corrected chi connectivity index (χ1v) is 6.06. The van der Waals surface area contributed by atoms with Crippen molar-refractivity contribution in [3.63, 3.8) is 0 Å². The smallest absolute Gasteiger partial charge is 0.251 e. The normalized spacial score (nSPS) is 12.0. The highest BCUT2D eigenvalue weighted by Crippen LogP contribution is 2.13. The number of carbonyl (C=O) groups is 1. The summed E-state index contributed by atoms with van der Waals surface area (Å²) in [6, 6.07) is 7.72. The van der Waals surface area contributed by atoms with E-state index in [0.717, 1.165) is 11.3 Å². The highest BCUT2D eigenvalue weighted by atomic mass is 16.5. The second kappa shape index (κ2) is 7.01. The summed E-state index contributed by atoms with van der Waals surface area (Å²) >= 11 is 0. The maximum atomic E-state index is 12.0. The number of amides is 1. The fraction of sp³-hybridized carbons (Fsp3) is 0.500. The fourth-order valence-corrected chi connectivity index (χ4v) is 1.65. The number of likely N-dealkylation sites (N-methyl/N-ethyl adjacent to an activating group) is 1. The van der Waals surface area contributed by atoms with Crippen LogP contribution in [0.25, 0.3) is 0 Å². The Labute approximate surface area is 108 Å². The summed E-state index contributed by atoms with van der Waals surface area (Å²) in [6.45, 7) is 4.98. The number of hydrogen-bond acceptors (Lipinski definition) is 3. The minimum absolute atomic E-state index is 0.0100. The number of ether oxygens (including phenoxy) is 2. The molecule has 18 heavy (non-hydrogen) atoms. The molecular weight excluding hydrogens is 230 g/mol. The van der Waals surface area contributed by atoms with Gasteiger partial charge in [0.25, 0.3) is 5.91 Å². The van der Waals surface area contributed by atoms with Gasteiger partial charge in [0.15, 0.2) is 0 Å². The van der Waals surface area contributed by atoms with Crippen LogP contribution in [0.15, 0.2) is 24.3 Å². The summed E-state index contributed by atoms with van der Waals surface area (Å²) in [6.07, 6.45) is -0.400. The van der Waals surface area contributed by atoms with Gasteiger partial charge < -0.3 is 14.4 Å². The molecule has 1 aromatic rings. The Bertz CT molecular complexity index is 375. The van der Waals surface area contributed by atoms with Crippen LogP contribution in [0.1, 0.15) is 19.4 Å². The lowest BCUT2D eigenvalue weighted by atomic mass is 10.2. The molecule has 0 aliphatic heterocycles. The van der Waals surface area contributed by atoms with Crippen molar-refractivity contribution in [1.29, 1.82) is 0 Å². The zero-order valence-electron chi connectivity index (χ0n) is 11.5. The van der Waals surface area contributed by atoms with E-state index in [1.807, 2.05) is 31.2 Å². The van der Waals surface area contributed by atoms with Crippen LogP contribution >= 0.6 is 0 Å². The lowest BCUT2D eigenvalue weighted by molar-refractivity contribution is -0.141. The summed E-state index contributed by atoms with van der Waals surface area (Å²) in [5.41, 5.74) is 1.08. The van der Waals surface area contributed by atoms with Crippen LogP contribution in [-0.2, 0) is 16.1 Å². The molecule has 1 rings (SSSR count). The van der Waals surface area contributed by atoms with Crippen molar-refractivity contribution in [1.82, 2.24) is 4.90 Å². The second-order valence-electron chi connectivity index (χ2n) is 4.08. The van der Waals surface area contributed by atoms with Gasteiger partial charge in [-0.15, -0.1) is 0 Å². The molecule has 4 nitrogen and oxygen atoms in total. The largest absolute Gasteiger partial charge is 0.497 e. The van der Waals surface area contributed by atoms with E-state index in [1.54, 1.807) is 26.0 Å². The number of hydrogen-bond donors (Lipinski definition) is 0. The van der Waals surface area contributed by atoms with E-state index in [2.05, 4.69) is 0 Å². The molecule has 0 saturated carbocycles. The van der Waals surface area contributed by atoms with Gasteiger partial charge in [-0.2, -0.15) is 0 Å². The Kier molecular flexibility index (Phi) is 5.65. The standard InChI is InChI=1S/C14H21NO3/c1-5-15(14(16)11(2)17-3)10-12-6-8-13(18-4)9-7-12/h6-9,11H,5,10H2,1-4H3. The number of rotatable bonds is 6. The van der Waals surface area contributed by atoms with Crippen LogP contribution in [0, 0.1) is 0 Å². The fourth-order valence-electron chi connectivity index (χ4n) is 1.65. The van der Waals surface area contributed by atoms with Crippen LogP contribution in [0.2, 0.25) is 0 Å². The summed E-state index contributed by atoms with van der Waals surface area (Å²) in [7, 11) is 3.18. The van der Waals surface area contributed by atoms with E-state index in [9.17, 15) is 4.79 Å². The van der Waals surface area contributed by atoms with Crippen molar-refractivity contribution >= 4 is 5.91 Å². The number of methoxy groups -OCH3 is 2. The monoisotopic (exact) mass is 251 g/mol. The molecule has 0 aliphatic rings. The van der Waals surface area contributed by atoms with Crippen molar-refractivity contribution in [3.05, 3.63) is 29.8 Å². The van der Waals surface area contributed by atoms with E-state index < -0.39 is 6.10 Å². The third-order valence-electron chi connectivity index (χ3n) is 2.93. The van der Waals surface area contributed by atoms with Crippen molar-refractivity contribution in [2.75, 3.05) is 20.8 Å². The summed E-state index contributed by atoms with van der Waals surface area (Å²) in [5, 5.41) is 0. The maximum Gasteiger partial charge on any atom is 0.251 e. The van der Waals surface area contributed by atoms with Gasteiger partial charge in [0.05, 0.1) is 7.11 Å². The third-order valence-corrected chi connectivity index (χ3v) is 2.93. The lowest BCUT2D eigenvalue weighted by Crippen LogP contribution is -2.38. The third kappa shape index (κ3) is 3.74. The molecule has 1 aromatic carbocycles. The average Bonchev–Trinajstić information content (AvgIpc) is 2.43. The molecule has 0 aromatic heterocycles. The van der Waals surface area contributed by atoms with Crippen molar-refractivity contribution < 1.29 is 14.3 Å². The average molecular weight is 251 g/mol. The zero-order chi connectivity index (χ0) is 13.5. The minimum Gasteiger partial charge on any atom is -0.497 e. The van der Waals surface area contributed by atoms with Gasteiger partial charge >= 0.3 is 0 Å². The highest BCUT2D eigenvalue weighted by molar-refractivity contribution is 5.80. The molecule has 1 atom stereocenters. The van der Waals surface area contributed by atoms with Gasteiger partial charge in [-0.05, 0) is 31.5 Å². The first-order chi connectivity index (χ1) is 8.62. The van der Waals surface area contributed by atoms with Gasteiger partial charge in [-0.1, -0.05) is 12.1 Å². The van der Waals surface area contributed by atoms with Gasteiger partial charge in [0.2, 0.25) is 0 Å². The van der Waals surface area contributed by atoms with Crippen LogP contribution in [-0.4, -0.2) is 37.7 Å². The topological polar surface area (TPSA) is 38.8 Å². The van der Waals surface area contributed by atoms with E-state index in [-0.39, 0.29) is 5.91 Å². The Morgan fingerprint density at radius 1 is 1.28 bits per heavy atom. The summed E-state index contributed by atoms with van der Waals surface area (Å²) in [4.78, 5) is 13.8. The van der Waals surface area contributed by atoms with Gasteiger partial charge in [0.1, 0.15) is 11.9 Å². The van der Waals surface area contributed by atoms with E-state index in [0.29, 0.717) is 13.1 Å². The lowest BCUT2D eigenvalue weighted by Gasteiger charge is -2.23. The summed E-state index contributed by atoms with van der Waals surface area (Å²) < 4.78 is 10.2. The van der Waals surface area contributed by atoms with Gasteiger partial charge in [-0.25, -0.2) is 0 Å². The molecule has 0 radical (unpaired) electrons. The SMILES string of the molecule is CCN(Cc1ccc(OC)cc1)C(=O)C(C)OC. The molecule has 0 heterocycles. The maximum absolute atomic E-state index is 12.0. The second-order valence-corrected chi connectivity index (χ2v) is 4.08. The molecule has 100 valence electrons. The van der Waals surface area contributed by atoms with Crippen LogP contribution in [0.5, 0.6) is 5.75 Å². The first kappa shape index (κ1) is 14.5. The minimum atomic E-state index is -0.400. The Balaban J connectivity index is 2.70. The number of benzene rings is 1. The molecule has 0 bridgehead atoms. The molecule has 1 unspecified atom stereocenters. The molecule has 0 N–H and O–H groups in total. The number of nitrogens with zero attached hydrogens (tertiary/aromatic N) is 1. The predicted molar refractivity (Wildman–Crippen MR) is 70.6 cm³/mol. The van der Waals surface area contributed by atoms with Crippen molar-refractivity contribution in [3.8, 4) is 5.75 Å². The zero-order valence-corrected chi connectivity index (χ0v) is 11.5. The van der Waals surface area contributed by atoms with E-state index >= 15 is 0 Å². The quantitative estimate of drug-likeness (QED) is 0.777.